The molecule has 0 saturated heterocycles. The number of aromatic nitrogens is 1. The minimum Gasteiger partial charge on any atom is -0.349 e. The van der Waals surface area contributed by atoms with Gasteiger partial charge in [0.15, 0.2) is 0 Å². The molecule has 1 amide bonds. The summed E-state index contributed by atoms with van der Waals surface area (Å²) >= 11 is 0. The van der Waals surface area contributed by atoms with Crippen LogP contribution in [0.5, 0.6) is 0 Å². The predicted molar refractivity (Wildman–Crippen MR) is 80.6 cm³/mol. The molecule has 19 heavy (non-hydrogen) atoms. The molecule has 1 saturated carbocycles. The van der Waals surface area contributed by atoms with Crippen LogP contribution in [0, 0.1) is 5.92 Å². The van der Waals surface area contributed by atoms with Gasteiger partial charge in [0.1, 0.15) is 0 Å². The fourth-order valence-electron chi connectivity index (χ4n) is 2.35. The molecule has 3 N–H and O–H groups in total. The van der Waals surface area contributed by atoms with Gasteiger partial charge in [-0.15, -0.1) is 24.8 Å². The van der Waals surface area contributed by atoms with Crippen molar-refractivity contribution in [3.8, 4) is 0 Å². The molecule has 108 valence electrons. The molecular formula is C13H21Cl2N3O. The number of rotatable bonds is 3. The number of amides is 1. The van der Waals surface area contributed by atoms with Crippen LogP contribution in [0.1, 0.15) is 37.8 Å². The van der Waals surface area contributed by atoms with E-state index >= 15 is 0 Å². The lowest BCUT2D eigenvalue weighted by atomic mass is 10.0. The standard InChI is InChI=1S/C13H19N3O.2ClH/c1-9(10-4-3-7-15-8-10)16-13(17)11-5-2-6-12(11)14;;/h3-4,7-9,11-12H,2,5-6,14H2,1H3,(H,16,17);2*1H/t9-,11?,12?;;/m0../s1. The van der Waals surface area contributed by atoms with Gasteiger partial charge in [-0.05, 0) is 31.4 Å². The molecule has 2 unspecified atom stereocenters. The number of halogens is 2. The fraction of sp³-hybridized carbons (Fsp3) is 0.538. The normalized spacial score (nSPS) is 22.8. The highest BCUT2D eigenvalue weighted by atomic mass is 35.5. The maximum absolute atomic E-state index is 12.0. The van der Waals surface area contributed by atoms with Crippen molar-refractivity contribution in [2.45, 2.75) is 38.3 Å². The van der Waals surface area contributed by atoms with Gasteiger partial charge < -0.3 is 11.1 Å². The Morgan fingerprint density at radius 2 is 2.21 bits per heavy atom. The van der Waals surface area contributed by atoms with Gasteiger partial charge in [0.25, 0.3) is 0 Å². The first-order valence-electron chi connectivity index (χ1n) is 6.14. The molecule has 0 bridgehead atoms. The number of nitrogens with two attached hydrogens (primary N) is 1. The molecule has 4 nitrogen and oxygen atoms in total. The molecule has 0 aliphatic heterocycles. The van der Waals surface area contributed by atoms with Gasteiger partial charge >= 0.3 is 0 Å². The van der Waals surface area contributed by atoms with Crippen molar-refractivity contribution in [2.75, 3.05) is 0 Å². The number of pyridine rings is 1. The first kappa shape index (κ1) is 18.2. The largest absolute Gasteiger partial charge is 0.349 e. The molecule has 1 fully saturated rings. The van der Waals surface area contributed by atoms with Crippen molar-refractivity contribution in [3.63, 3.8) is 0 Å². The van der Waals surface area contributed by atoms with E-state index in [0.29, 0.717) is 0 Å². The minimum atomic E-state index is -0.0193. The lowest BCUT2D eigenvalue weighted by Gasteiger charge is -2.19. The number of carbonyl (C=O) groups excluding carboxylic acids is 1. The third-order valence-electron chi connectivity index (χ3n) is 3.45. The van der Waals surface area contributed by atoms with Gasteiger partial charge in [-0.2, -0.15) is 0 Å². The van der Waals surface area contributed by atoms with E-state index < -0.39 is 0 Å². The summed E-state index contributed by atoms with van der Waals surface area (Å²) in [7, 11) is 0. The van der Waals surface area contributed by atoms with Gasteiger partial charge in [-0.25, -0.2) is 0 Å². The Balaban J connectivity index is 0.00000162. The summed E-state index contributed by atoms with van der Waals surface area (Å²) < 4.78 is 0. The summed E-state index contributed by atoms with van der Waals surface area (Å²) in [5, 5.41) is 3.01. The Morgan fingerprint density at radius 3 is 2.74 bits per heavy atom. The second-order valence-corrected chi connectivity index (χ2v) is 4.72. The molecule has 6 heteroatoms. The lowest BCUT2D eigenvalue weighted by molar-refractivity contribution is -0.125. The van der Waals surface area contributed by atoms with Gasteiger partial charge in [-0.3, -0.25) is 9.78 Å². The second kappa shape index (κ2) is 8.35. The zero-order chi connectivity index (χ0) is 12.3. The van der Waals surface area contributed by atoms with Crippen LogP contribution in [0.3, 0.4) is 0 Å². The van der Waals surface area contributed by atoms with Crippen LogP contribution < -0.4 is 11.1 Å². The summed E-state index contributed by atoms with van der Waals surface area (Å²) in [6.45, 7) is 1.97. The van der Waals surface area contributed by atoms with Gasteiger partial charge in [-0.1, -0.05) is 12.5 Å². The molecule has 1 aliphatic carbocycles. The van der Waals surface area contributed by atoms with Crippen molar-refractivity contribution in [2.24, 2.45) is 11.7 Å². The highest BCUT2D eigenvalue weighted by molar-refractivity contribution is 5.85. The average molecular weight is 306 g/mol. The first-order valence-corrected chi connectivity index (χ1v) is 6.14. The van der Waals surface area contributed by atoms with E-state index in [0.717, 1.165) is 24.8 Å². The van der Waals surface area contributed by atoms with E-state index in [4.69, 9.17) is 5.73 Å². The molecule has 0 spiro atoms. The van der Waals surface area contributed by atoms with Crippen molar-refractivity contribution in [1.82, 2.24) is 10.3 Å². The Hall–Kier alpha value is -0.840. The van der Waals surface area contributed by atoms with Crippen LogP contribution >= 0.6 is 24.8 Å². The minimum absolute atomic E-state index is 0. The number of hydrogen-bond acceptors (Lipinski definition) is 3. The molecule has 1 aromatic rings. The SMILES string of the molecule is C[C@H](NC(=O)C1CCCC1N)c1cccnc1.Cl.Cl. The van der Waals surface area contributed by atoms with E-state index in [9.17, 15) is 4.79 Å². The quantitative estimate of drug-likeness (QED) is 0.900. The van der Waals surface area contributed by atoms with E-state index in [-0.39, 0.29) is 48.7 Å². The Bertz CT molecular complexity index is 389. The molecular weight excluding hydrogens is 285 g/mol. The molecule has 3 atom stereocenters. The summed E-state index contributed by atoms with van der Waals surface area (Å²) in [6.07, 6.45) is 6.43. The van der Waals surface area contributed by atoms with Crippen molar-refractivity contribution in [3.05, 3.63) is 30.1 Å². The van der Waals surface area contributed by atoms with Crippen LogP contribution in [-0.2, 0) is 4.79 Å². The highest BCUT2D eigenvalue weighted by Gasteiger charge is 2.30. The maximum atomic E-state index is 12.0. The van der Waals surface area contributed by atoms with E-state index in [1.165, 1.54) is 0 Å². The van der Waals surface area contributed by atoms with Gasteiger partial charge in [0.2, 0.25) is 5.91 Å². The third-order valence-corrected chi connectivity index (χ3v) is 3.45. The zero-order valence-electron chi connectivity index (χ0n) is 10.9. The fourth-order valence-corrected chi connectivity index (χ4v) is 2.35. The molecule has 1 aromatic heterocycles. The van der Waals surface area contributed by atoms with Crippen LogP contribution in [0.4, 0.5) is 0 Å². The molecule has 1 aliphatic rings. The van der Waals surface area contributed by atoms with E-state index in [1.807, 2.05) is 19.1 Å². The summed E-state index contributed by atoms with van der Waals surface area (Å²) in [4.78, 5) is 16.1. The second-order valence-electron chi connectivity index (χ2n) is 4.72. The maximum Gasteiger partial charge on any atom is 0.225 e. The highest BCUT2D eigenvalue weighted by Crippen LogP contribution is 2.25. The first-order chi connectivity index (χ1) is 8.18. The Labute approximate surface area is 126 Å². The van der Waals surface area contributed by atoms with Gasteiger partial charge in [0, 0.05) is 18.4 Å². The third kappa shape index (κ3) is 4.64. The van der Waals surface area contributed by atoms with E-state index in [1.54, 1.807) is 12.4 Å². The van der Waals surface area contributed by atoms with Crippen LogP contribution in [-0.4, -0.2) is 16.9 Å². The van der Waals surface area contributed by atoms with Crippen molar-refractivity contribution >= 4 is 30.7 Å². The lowest BCUT2D eigenvalue weighted by Crippen LogP contribution is -2.39. The van der Waals surface area contributed by atoms with Crippen LogP contribution in [0.15, 0.2) is 24.5 Å². The number of nitrogens with zero attached hydrogens (tertiary/aromatic N) is 1. The Kier molecular flexibility index (Phi) is 7.99. The summed E-state index contributed by atoms with van der Waals surface area (Å²) in [5.74, 6) is 0.0560. The van der Waals surface area contributed by atoms with Crippen molar-refractivity contribution in [1.29, 1.82) is 0 Å². The molecule has 0 radical (unpaired) electrons. The topological polar surface area (TPSA) is 68.0 Å². The average Bonchev–Trinajstić information content (AvgIpc) is 2.76. The molecule has 2 rings (SSSR count). The monoisotopic (exact) mass is 305 g/mol. The Morgan fingerprint density at radius 1 is 1.47 bits per heavy atom. The number of hydrogen-bond donors (Lipinski definition) is 2. The molecule has 0 aromatic carbocycles. The molecule has 1 heterocycles. The number of carbonyl (C=O) groups is 1. The van der Waals surface area contributed by atoms with Crippen LogP contribution in [0.25, 0.3) is 0 Å². The zero-order valence-corrected chi connectivity index (χ0v) is 12.5. The predicted octanol–water partition coefficient (Wildman–Crippen LogP) is 2.23. The van der Waals surface area contributed by atoms with Crippen LogP contribution in [0.2, 0.25) is 0 Å². The smallest absolute Gasteiger partial charge is 0.225 e. The number of nitrogens with one attached hydrogen (secondary N) is 1. The van der Waals surface area contributed by atoms with Gasteiger partial charge in [0.05, 0.1) is 12.0 Å². The van der Waals surface area contributed by atoms with Crippen molar-refractivity contribution < 1.29 is 4.79 Å². The van der Waals surface area contributed by atoms with E-state index in [2.05, 4.69) is 10.3 Å². The summed E-state index contributed by atoms with van der Waals surface area (Å²) in [6, 6.07) is 3.85. The summed E-state index contributed by atoms with van der Waals surface area (Å²) in [5.41, 5.74) is 6.94.